The average molecular weight is 371 g/mol. The van der Waals surface area contributed by atoms with Crippen molar-refractivity contribution in [2.45, 2.75) is 26.5 Å². The van der Waals surface area contributed by atoms with E-state index in [-0.39, 0.29) is 6.10 Å². The monoisotopic (exact) mass is 371 g/mol. The quantitative estimate of drug-likeness (QED) is 0.645. The minimum atomic E-state index is 0.0127. The predicted octanol–water partition coefficient (Wildman–Crippen LogP) is 2.28. The predicted molar refractivity (Wildman–Crippen MR) is 106 cm³/mol. The molecule has 0 bridgehead atoms. The minimum absolute atomic E-state index is 0.0127. The smallest absolute Gasteiger partial charge is 0.194 e. The van der Waals surface area contributed by atoms with E-state index in [0.717, 1.165) is 42.5 Å². The van der Waals surface area contributed by atoms with E-state index >= 15 is 0 Å². The Morgan fingerprint density at radius 2 is 2.30 bits per heavy atom. The van der Waals surface area contributed by atoms with Crippen molar-refractivity contribution in [2.24, 2.45) is 12.0 Å². The van der Waals surface area contributed by atoms with Gasteiger partial charge < -0.3 is 19.7 Å². The molecule has 1 aliphatic heterocycles. The first-order chi connectivity index (χ1) is 13.1. The van der Waals surface area contributed by atoms with Crippen molar-refractivity contribution in [3.05, 3.63) is 47.3 Å². The number of aromatic nitrogens is 2. The van der Waals surface area contributed by atoms with E-state index in [1.807, 2.05) is 39.5 Å². The van der Waals surface area contributed by atoms with Gasteiger partial charge in [0.2, 0.25) is 0 Å². The molecule has 0 radical (unpaired) electrons. The van der Waals surface area contributed by atoms with E-state index in [1.165, 1.54) is 5.56 Å². The van der Waals surface area contributed by atoms with Crippen LogP contribution in [0, 0.1) is 6.92 Å². The van der Waals surface area contributed by atoms with E-state index in [0.29, 0.717) is 13.2 Å². The Kier molecular flexibility index (Phi) is 6.34. The molecular weight excluding hydrogens is 342 g/mol. The molecule has 1 atom stereocenters. The number of ether oxygens (including phenoxy) is 2. The Morgan fingerprint density at radius 3 is 2.96 bits per heavy atom. The third-order valence-electron chi connectivity index (χ3n) is 4.66. The first kappa shape index (κ1) is 19.2. The lowest BCUT2D eigenvalue weighted by atomic mass is 10.1. The normalized spacial score (nSPS) is 17.9. The van der Waals surface area contributed by atoms with Gasteiger partial charge in [-0.05, 0) is 31.0 Å². The van der Waals surface area contributed by atoms with Crippen LogP contribution in [0.25, 0.3) is 0 Å². The van der Waals surface area contributed by atoms with Crippen molar-refractivity contribution in [3.63, 3.8) is 0 Å². The minimum Gasteiger partial charge on any atom is -0.494 e. The molecule has 7 nitrogen and oxygen atoms in total. The lowest BCUT2D eigenvalue weighted by molar-refractivity contribution is -0.00805. The van der Waals surface area contributed by atoms with E-state index in [2.05, 4.69) is 39.4 Å². The zero-order chi connectivity index (χ0) is 19.2. The van der Waals surface area contributed by atoms with Crippen molar-refractivity contribution in [1.29, 1.82) is 0 Å². The number of benzene rings is 1. The summed E-state index contributed by atoms with van der Waals surface area (Å²) < 4.78 is 13.3. The second kappa shape index (κ2) is 8.90. The molecule has 1 saturated heterocycles. The average Bonchev–Trinajstić information content (AvgIpc) is 3.11. The Hall–Kier alpha value is -2.54. The number of rotatable bonds is 5. The lowest BCUT2D eigenvalue weighted by Crippen LogP contribution is -2.47. The summed E-state index contributed by atoms with van der Waals surface area (Å²) in [6.07, 6.45) is 3.89. The van der Waals surface area contributed by atoms with Gasteiger partial charge in [0, 0.05) is 38.9 Å². The van der Waals surface area contributed by atoms with Gasteiger partial charge in [-0.2, -0.15) is 5.10 Å². The Bertz CT molecular complexity index is 786. The molecule has 1 aliphatic rings. The Labute approximate surface area is 161 Å². The summed E-state index contributed by atoms with van der Waals surface area (Å²) in [4.78, 5) is 6.70. The van der Waals surface area contributed by atoms with Crippen molar-refractivity contribution in [3.8, 4) is 5.75 Å². The highest BCUT2D eigenvalue weighted by molar-refractivity contribution is 5.80. The summed E-state index contributed by atoms with van der Waals surface area (Å²) in [7, 11) is 3.74. The van der Waals surface area contributed by atoms with Crippen LogP contribution >= 0.6 is 0 Å². The van der Waals surface area contributed by atoms with Crippen LogP contribution in [0.15, 0.2) is 35.6 Å². The molecule has 0 aliphatic carbocycles. The number of morpholine rings is 1. The molecule has 1 unspecified atom stereocenters. The van der Waals surface area contributed by atoms with E-state index in [1.54, 1.807) is 4.68 Å². The van der Waals surface area contributed by atoms with Gasteiger partial charge in [-0.1, -0.05) is 12.1 Å². The number of nitrogens with zero attached hydrogens (tertiary/aromatic N) is 4. The SMILES string of the molecule is CCOc1ccc(CNC(=NC)N2CCOC(c3cnn(C)c3)C2)cc1C. The molecule has 1 N–H and O–H groups in total. The summed E-state index contributed by atoms with van der Waals surface area (Å²) in [6.45, 7) is 7.72. The number of nitrogens with one attached hydrogen (secondary N) is 1. The molecule has 1 aromatic heterocycles. The molecule has 1 aromatic carbocycles. The zero-order valence-electron chi connectivity index (χ0n) is 16.6. The topological polar surface area (TPSA) is 63.9 Å². The first-order valence-corrected chi connectivity index (χ1v) is 9.38. The highest BCUT2D eigenvalue weighted by Crippen LogP contribution is 2.22. The molecular formula is C20H29N5O2. The largest absolute Gasteiger partial charge is 0.494 e. The molecule has 0 spiro atoms. The van der Waals surface area contributed by atoms with Crippen LogP contribution in [-0.4, -0.2) is 54.0 Å². The molecule has 146 valence electrons. The second-order valence-corrected chi connectivity index (χ2v) is 6.69. The van der Waals surface area contributed by atoms with E-state index in [4.69, 9.17) is 9.47 Å². The van der Waals surface area contributed by atoms with Crippen LogP contribution in [0.3, 0.4) is 0 Å². The number of guanidine groups is 1. The Morgan fingerprint density at radius 1 is 1.44 bits per heavy atom. The maximum Gasteiger partial charge on any atom is 0.194 e. The summed E-state index contributed by atoms with van der Waals surface area (Å²) in [6, 6.07) is 6.28. The highest BCUT2D eigenvalue weighted by atomic mass is 16.5. The van der Waals surface area contributed by atoms with Gasteiger partial charge in [0.25, 0.3) is 0 Å². The summed E-state index contributed by atoms with van der Waals surface area (Å²) in [5.41, 5.74) is 3.45. The van der Waals surface area contributed by atoms with E-state index in [9.17, 15) is 0 Å². The number of aryl methyl sites for hydroxylation is 2. The van der Waals surface area contributed by atoms with Gasteiger partial charge >= 0.3 is 0 Å². The lowest BCUT2D eigenvalue weighted by Gasteiger charge is -2.34. The van der Waals surface area contributed by atoms with Crippen molar-refractivity contribution in [2.75, 3.05) is 33.4 Å². The molecule has 1 fully saturated rings. The first-order valence-electron chi connectivity index (χ1n) is 9.38. The molecule has 0 saturated carbocycles. The molecule has 2 heterocycles. The van der Waals surface area contributed by atoms with Gasteiger partial charge in [-0.15, -0.1) is 0 Å². The highest BCUT2D eigenvalue weighted by Gasteiger charge is 2.25. The van der Waals surface area contributed by atoms with Gasteiger partial charge in [0.15, 0.2) is 5.96 Å². The van der Waals surface area contributed by atoms with Crippen LogP contribution in [0.5, 0.6) is 5.75 Å². The van der Waals surface area contributed by atoms with Crippen molar-refractivity contribution >= 4 is 5.96 Å². The van der Waals surface area contributed by atoms with Crippen LogP contribution in [-0.2, 0) is 18.3 Å². The second-order valence-electron chi connectivity index (χ2n) is 6.69. The third kappa shape index (κ3) is 4.80. The zero-order valence-corrected chi connectivity index (χ0v) is 16.6. The molecule has 3 rings (SSSR count). The van der Waals surface area contributed by atoms with Crippen molar-refractivity contribution < 1.29 is 9.47 Å². The fourth-order valence-corrected chi connectivity index (χ4v) is 3.30. The third-order valence-corrected chi connectivity index (χ3v) is 4.66. The van der Waals surface area contributed by atoms with Gasteiger partial charge in [0.1, 0.15) is 11.9 Å². The molecule has 27 heavy (non-hydrogen) atoms. The standard InChI is InChI=1S/C20H29N5O2/c1-5-26-18-7-6-16(10-15(18)2)11-22-20(21-3)25-8-9-27-19(14-25)17-12-23-24(4)13-17/h6-7,10,12-13,19H,5,8-9,11,14H2,1-4H3,(H,21,22). The number of hydrogen-bond acceptors (Lipinski definition) is 4. The summed E-state index contributed by atoms with van der Waals surface area (Å²) in [5.74, 6) is 1.83. The molecule has 7 heteroatoms. The van der Waals surface area contributed by atoms with Crippen molar-refractivity contribution in [1.82, 2.24) is 20.0 Å². The van der Waals surface area contributed by atoms with Crippen LogP contribution in [0.4, 0.5) is 0 Å². The Balaban J connectivity index is 1.61. The van der Waals surface area contributed by atoms with Crippen LogP contribution < -0.4 is 10.1 Å². The van der Waals surface area contributed by atoms with Crippen LogP contribution in [0.2, 0.25) is 0 Å². The maximum atomic E-state index is 5.93. The van der Waals surface area contributed by atoms with Gasteiger partial charge in [-0.25, -0.2) is 0 Å². The summed E-state index contributed by atoms with van der Waals surface area (Å²) in [5, 5.41) is 7.72. The number of aliphatic imine (C=N–C) groups is 1. The maximum absolute atomic E-state index is 5.93. The summed E-state index contributed by atoms with van der Waals surface area (Å²) >= 11 is 0. The fourth-order valence-electron chi connectivity index (χ4n) is 3.30. The van der Waals surface area contributed by atoms with Gasteiger partial charge in [-0.3, -0.25) is 9.67 Å². The molecule has 0 amide bonds. The van der Waals surface area contributed by atoms with E-state index < -0.39 is 0 Å². The fraction of sp³-hybridized carbons (Fsp3) is 0.500. The molecule has 2 aromatic rings. The number of hydrogen-bond donors (Lipinski definition) is 1. The van der Waals surface area contributed by atoms with Crippen LogP contribution in [0.1, 0.15) is 29.7 Å². The van der Waals surface area contributed by atoms with Gasteiger partial charge in [0.05, 0.1) is 26.0 Å².